The maximum atomic E-state index is 11.8. The number of hydrogen-bond acceptors (Lipinski definition) is 6. The lowest BCUT2D eigenvalue weighted by molar-refractivity contribution is 0.0945. The lowest BCUT2D eigenvalue weighted by Crippen LogP contribution is -2.26. The number of carbonyl (C=O) groups is 1. The summed E-state index contributed by atoms with van der Waals surface area (Å²) in [5.41, 5.74) is 2.26. The van der Waals surface area contributed by atoms with Crippen molar-refractivity contribution in [2.75, 3.05) is 31.7 Å². The number of rotatable bonds is 6. The monoisotopic (exact) mass is 329 g/mol. The van der Waals surface area contributed by atoms with Crippen LogP contribution in [0.3, 0.4) is 0 Å². The normalized spacial score (nSPS) is 12.5. The van der Waals surface area contributed by atoms with Crippen molar-refractivity contribution < 1.29 is 19.4 Å². The highest BCUT2D eigenvalue weighted by molar-refractivity contribution is 5.94. The number of anilines is 1. The molecule has 3 N–H and O–H groups in total. The number of ether oxygens (including phenoxy) is 2. The van der Waals surface area contributed by atoms with Gasteiger partial charge in [0.15, 0.2) is 11.5 Å². The van der Waals surface area contributed by atoms with Gasteiger partial charge in [-0.1, -0.05) is 0 Å². The fourth-order valence-electron chi connectivity index (χ4n) is 2.29. The molecule has 0 fully saturated rings. The molecule has 24 heavy (non-hydrogen) atoms. The Morgan fingerprint density at radius 2 is 1.92 bits per heavy atom. The van der Waals surface area contributed by atoms with Crippen LogP contribution in [0.15, 0.2) is 36.5 Å². The number of aliphatic hydroxyl groups excluding tert-OH is 1. The van der Waals surface area contributed by atoms with Crippen LogP contribution in [0.2, 0.25) is 0 Å². The Labute approximate surface area is 139 Å². The van der Waals surface area contributed by atoms with Crippen LogP contribution in [0, 0.1) is 0 Å². The first-order chi connectivity index (χ1) is 11.8. The van der Waals surface area contributed by atoms with E-state index in [-0.39, 0.29) is 19.1 Å². The van der Waals surface area contributed by atoms with Crippen molar-refractivity contribution in [2.45, 2.75) is 6.54 Å². The number of carbonyl (C=O) groups excluding carboxylic acids is 1. The Kier molecular flexibility index (Phi) is 5.12. The highest BCUT2D eigenvalue weighted by atomic mass is 16.6. The summed E-state index contributed by atoms with van der Waals surface area (Å²) < 4.78 is 11.0. The van der Waals surface area contributed by atoms with Gasteiger partial charge in [-0.25, -0.2) is 0 Å². The number of nitrogens with one attached hydrogen (secondary N) is 2. The predicted octanol–water partition coefficient (Wildman–Crippen LogP) is 1.19. The fourth-order valence-corrected chi connectivity index (χ4v) is 2.29. The topological polar surface area (TPSA) is 92.7 Å². The Bertz CT molecular complexity index is 703. The number of hydrogen-bond donors (Lipinski definition) is 3. The largest absolute Gasteiger partial charge is 0.486 e. The van der Waals surface area contributed by atoms with E-state index in [1.54, 1.807) is 18.3 Å². The Morgan fingerprint density at radius 1 is 1.17 bits per heavy atom. The molecule has 3 rings (SSSR count). The summed E-state index contributed by atoms with van der Waals surface area (Å²) in [6.45, 7) is 1.80. The van der Waals surface area contributed by atoms with Gasteiger partial charge in [0.2, 0.25) is 0 Å². The van der Waals surface area contributed by atoms with Gasteiger partial charge < -0.3 is 25.2 Å². The van der Waals surface area contributed by atoms with E-state index in [1.807, 2.05) is 18.2 Å². The van der Waals surface area contributed by atoms with Crippen molar-refractivity contribution in [1.82, 2.24) is 10.3 Å². The number of amides is 1. The fraction of sp³-hybridized carbons (Fsp3) is 0.294. The van der Waals surface area contributed by atoms with Gasteiger partial charge in [-0.2, -0.15) is 0 Å². The first-order valence-electron chi connectivity index (χ1n) is 7.74. The molecule has 0 saturated carbocycles. The third kappa shape index (κ3) is 3.94. The first kappa shape index (κ1) is 16.1. The molecule has 1 aliphatic rings. The van der Waals surface area contributed by atoms with Crippen molar-refractivity contribution in [3.8, 4) is 11.5 Å². The van der Waals surface area contributed by atoms with Crippen LogP contribution in [0.4, 0.5) is 5.69 Å². The molecular weight excluding hydrogens is 310 g/mol. The maximum absolute atomic E-state index is 11.8. The molecule has 1 amide bonds. The van der Waals surface area contributed by atoms with E-state index in [1.165, 1.54) is 0 Å². The average Bonchev–Trinajstić information content (AvgIpc) is 2.64. The van der Waals surface area contributed by atoms with Crippen molar-refractivity contribution in [3.05, 3.63) is 47.8 Å². The third-order valence-corrected chi connectivity index (χ3v) is 3.50. The highest BCUT2D eigenvalue weighted by Crippen LogP contribution is 2.29. The smallest absolute Gasteiger partial charge is 0.251 e. The molecule has 0 radical (unpaired) electrons. The van der Waals surface area contributed by atoms with Gasteiger partial charge in [-0.3, -0.25) is 9.78 Å². The van der Waals surface area contributed by atoms with Gasteiger partial charge in [0, 0.05) is 23.9 Å². The van der Waals surface area contributed by atoms with Gasteiger partial charge in [0.25, 0.3) is 5.91 Å². The lowest BCUT2D eigenvalue weighted by Gasteiger charge is -2.18. The number of nitrogens with zero attached hydrogens (tertiary/aromatic N) is 1. The standard InChI is InChI=1S/C17H19N3O4/c21-6-5-18-17(22)12-1-3-13(4-2-12)19-10-14-9-15-16(11-20-14)24-8-7-23-15/h1-4,9,11,19,21H,5-8,10H2,(H,18,22). The molecular formula is C17H19N3O4. The van der Waals surface area contributed by atoms with Crippen LogP contribution in [0.1, 0.15) is 16.1 Å². The molecule has 2 aromatic rings. The zero-order valence-corrected chi connectivity index (χ0v) is 13.1. The van der Waals surface area contributed by atoms with E-state index in [9.17, 15) is 4.79 Å². The van der Waals surface area contributed by atoms with Gasteiger partial charge in [0.05, 0.1) is 25.0 Å². The van der Waals surface area contributed by atoms with Gasteiger partial charge in [-0.05, 0) is 24.3 Å². The Hall–Kier alpha value is -2.80. The molecule has 0 spiro atoms. The molecule has 0 bridgehead atoms. The second-order valence-electron chi connectivity index (χ2n) is 5.23. The summed E-state index contributed by atoms with van der Waals surface area (Å²) in [7, 11) is 0. The maximum Gasteiger partial charge on any atom is 0.251 e. The molecule has 0 aliphatic carbocycles. The van der Waals surface area contributed by atoms with Crippen molar-refractivity contribution in [3.63, 3.8) is 0 Å². The SMILES string of the molecule is O=C(NCCO)c1ccc(NCc2cc3c(cn2)OCCO3)cc1. The zero-order chi connectivity index (χ0) is 16.8. The molecule has 1 aromatic carbocycles. The highest BCUT2D eigenvalue weighted by Gasteiger charge is 2.12. The van der Waals surface area contributed by atoms with Crippen LogP contribution in [-0.4, -0.2) is 42.4 Å². The molecule has 7 nitrogen and oxygen atoms in total. The average molecular weight is 329 g/mol. The van der Waals surface area contributed by atoms with E-state index >= 15 is 0 Å². The second kappa shape index (κ2) is 7.65. The van der Waals surface area contributed by atoms with Gasteiger partial charge in [-0.15, -0.1) is 0 Å². The molecule has 0 atom stereocenters. The number of pyridine rings is 1. The van der Waals surface area contributed by atoms with Crippen LogP contribution >= 0.6 is 0 Å². The van der Waals surface area contributed by atoms with Crippen LogP contribution in [-0.2, 0) is 6.54 Å². The quantitative estimate of drug-likeness (QED) is 0.737. The Balaban J connectivity index is 1.57. The molecule has 0 unspecified atom stereocenters. The number of aromatic nitrogens is 1. The van der Waals surface area contributed by atoms with E-state index < -0.39 is 0 Å². The van der Waals surface area contributed by atoms with E-state index in [0.717, 1.165) is 11.4 Å². The van der Waals surface area contributed by atoms with E-state index in [2.05, 4.69) is 15.6 Å². The molecule has 1 aromatic heterocycles. The van der Waals surface area contributed by atoms with Gasteiger partial charge >= 0.3 is 0 Å². The van der Waals surface area contributed by atoms with Crippen LogP contribution in [0.5, 0.6) is 11.5 Å². The number of aliphatic hydroxyl groups is 1. The van der Waals surface area contributed by atoms with Crippen molar-refractivity contribution >= 4 is 11.6 Å². The summed E-state index contributed by atoms with van der Waals surface area (Å²) in [6, 6.07) is 8.97. The number of fused-ring (bicyclic) bond motifs is 1. The Morgan fingerprint density at radius 3 is 2.67 bits per heavy atom. The van der Waals surface area contributed by atoms with Crippen molar-refractivity contribution in [2.24, 2.45) is 0 Å². The predicted molar refractivity (Wildman–Crippen MR) is 88.4 cm³/mol. The minimum Gasteiger partial charge on any atom is -0.486 e. The summed E-state index contributed by atoms with van der Waals surface area (Å²) in [6.07, 6.45) is 1.67. The van der Waals surface area contributed by atoms with Crippen molar-refractivity contribution in [1.29, 1.82) is 0 Å². The second-order valence-corrected chi connectivity index (χ2v) is 5.23. The van der Waals surface area contributed by atoms with Crippen LogP contribution < -0.4 is 20.1 Å². The van der Waals surface area contributed by atoms with E-state index in [0.29, 0.717) is 36.8 Å². The minimum absolute atomic E-state index is 0.0755. The zero-order valence-electron chi connectivity index (χ0n) is 13.1. The molecule has 0 saturated heterocycles. The third-order valence-electron chi connectivity index (χ3n) is 3.50. The van der Waals surface area contributed by atoms with Gasteiger partial charge in [0.1, 0.15) is 13.2 Å². The summed E-state index contributed by atoms with van der Waals surface area (Å²) in [4.78, 5) is 16.1. The molecule has 126 valence electrons. The lowest BCUT2D eigenvalue weighted by atomic mass is 10.2. The minimum atomic E-state index is -0.205. The first-order valence-corrected chi connectivity index (χ1v) is 7.74. The molecule has 7 heteroatoms. The summed E-state index contributed by atoms with van der Waals surface area (Å²) in [5.74, 6) is 1.18. The number of benzene rings is 1. The summed E-state index contributed by atoms with van der Waals surface area (Å²) >= 11 is 0. The van der Waals surface area contributed by atoms with E-state index in [4.69, 9.17) is 14.6 Å². The summed E-state index contributed by atoms with van der Waals surface area (Å²) in [5, 5.41) is 14.6. The van der Waals surface area contributed by atoms with Crippen LogP contribution in [0.25, 0.3) is 0 Å². The molecule has 1 aliphatic heterocycles. The molecule has 2 heterocycles.